The summed E-state index contributed by atoms with van der Waals surface area (Å²) in [6.07, 6.45) is 3.90. The second-order valence-electron chi connectivity index (χ2n) is 6.75. The van der Waals surface area contributed by atoms with E-state index in [0.717, 1.165) is 21.2 Å². The van der Waals surface area contributed by atoms with Gasteiger partial charge in [-0.05, 0) is 13.8 Å². The lowest BCUT2D eigenvalue weighted by atomic mass is 10.0. The topological polar surface area (TPSA) is 47.3 Å². The van der Waals surface area contributed by atoms with Crippen LogP contribution in [0, 0.1) is 0 Å². The molecule has 0 aliphatic carbocycles. The molecule has 0 aliphatic rings. The number of ether oxygens (including phenoxy) is 1. The standard InChI is InChI=1S/C24H24NO3S2/c1-4-28-20(26)15-19-21(25-13-9-6-10-14-25)24(29-16-17(2)3)30-23(19)22(27)18-11-7-5-8-12-18/h5-14H,2,4,15-16H2,1,3H3/q+1. The summed E-state index contributed by atoms with van der Waals surface area (Å²) in [5, 5.41) is 0. The molecule has 0 aliphatic heterocycles. The lowest BCUT2D eigenvalue weighted by Gasteiger charge is -2.05. The quantitative estimate of drug-likeness (QED) is 0.155. The number of thioether (sulfide) groups is 1. The molecule has 6 heteroatoms. The number of carbonyl (C=O) groups excluding carboxylic acids is 2. The first-order chi connectivity index (χ1) is 14.5. The third-order valence-electron chi connectivity index (χ3n) is 4.24. The Labute approximate surface area is 185 Å². The number of thiophene rings is 1. The van der Waals surface area contributed by atoms with Crippen LogP contribution in [0.4, 0.5) is 0 Å². The van der Waals surface area contributed by atoms with Crippen LogP contribution < -0.4 is 4.57 Å². The molecular weight excluding hydrogens is 414 g/mol. The SMILES string of the molecule is C=C(C)CSc1sc(C(=O)c2ccccc2)c(CC(=O)OCC)c1-[n+]1ccccc1. The van der Waals surface area contributed by atoms with Crippen LogP contribution in [0.3, 0.4) is 0 Å². The van der Waals surface area contributed by atoms with Gasteiger partial charge in [-0.15, -0.1) is 23.1 Å². The minimum Gasteiger partial charge on any atom is -0.466 e. The fourth-order valence-electron chi connectivity index (χ4n) is 2.95. The summed E-state index contributed by atoms with van der Waals surface area (Å²) in [5.74, 6) is 0.310. The van der Waals surface area contributed by atoms with Crippen LogP contribution >= 0.6 is 23.1 Å². The average Bonchev–Trinajstić information content (AvgIpc) is 3.11. The van der Waals surface area contributed by atoms with Crippen molar-refractivity contribution in [3.05, 3.63) is 89.1 Å². The molecule has 0 fully saturated rings. The molecule has 0 amide bonds. The Morgan fingerprint density at radius 3 is 2.40 bits per heavy atom. The molecule has 0 saturated heterocycles. The molecular formula is C24H24NO3S2+. The van der Waals surface area contributed by atoms with E-state index in [1.165, 1.54) is 11.3 Å². The number of hydrogen-bond donors (Lipinski definition) is 0. The monoisotopic (exact) mass is 438 g/mol. The summed E-state index contributed by atoms with van der Waals surface area (Å²) < 4.78 is 8.15. The Hall–Kier alpha value is -2.70. The van der Waals surface area contributed by atoms with Gasteiger partial charge in [-0.1, -0.05) is 48.6 Å². The maximum absolute atomic E-state index is 13.4. The van der Waals surface area contributed by atoms with Gasteiger partial charge >= 0.3 is 5.97 Å². The van der Waals surface area contributed by atoms with Crippen LogP contribution in [0.1, 0.15) is 34.6 Å². The predicted octanol–water partition coefficient (Wildman–Crippen LogP) is 5.03. The third-order valence-corrected chi connectivity index (χ3v) is 6.95. The van der Waals surface area contributed by atoms with Crippen LogP contribution in [0.2, 0.25) is 0 Å². The number of pyridine rings is 1. The fraction of sp³-hybridized carbons (Fsp3) is 0.208. The van der Waals surface area contributed by atoms with Gasteiger partial charge < -0.3 is 4.74 Å². The first-order valence-corrected chi connectivity index (χ1v) is 11.5. The third kappa shape index (κ3) is 5.26. The summed E-state index contributed by atoms with van der Waals surface area (Å²) in [7, 11) is 0. The second kappa shape index (κ2) is 10.4. The number of carbonyl (C=O) groups is 2. The molecule has 0 saturated carbocycles. The fourth-order valence-corrected chi connectivity index (χ4v) is 5.37. The Bertz CT molecular complexity index is 1040. The number of ketones is 1. The molecule has 0 N–H and O–H groups in total. The highest BCUT2D eigenvalue weighted by Gasteiger charge is 2.31. The summed E-state index contributed by atoms with van der Waals surface area (Å²) in [6, 6.07) is 15.0. The molecule has 0 radical (unpaired) electrons. The Morgan fingerprint density at radius 1 is 1.10 bits per heavy atom. The van der Waals surface area contributed by atoms with Gasteiger partial charge in [0.2, 0.25) is 11.5 Å². The van der Waals surface area contributed by atoms with E-state index in [4.69, 9.17) is 4.74 Å². The zero-order valence-electron chi connectivity index (χ0n) is 17.1. The van der Waals surface area contributed by atoms with Crippen molar-refractivity contribution in [3.63, 3.8) is 0 Å². The molecule has 3 rings (SSSR count). The average molecular weight is 439 g/mol. The van der Waals surface area contributed by atoms with E-state index in [0.29, 0.717) is 22.6 Å². The number of benzene rings is 1. The lowest BCUT2D eigenvalue weighted by molar-refractivity contribution is -0.598. The summed E-state index contributed by atoms with van der Waals surface area (Å²) in [6.45, 7) is 8.05. The van der Waals surface area contributed by atoms with E-state index in [9.17, 15) is 9.59 Å². The largest absolute Gasteiger partial charge is 0.466 e. The van der Waals surface area contributed by atoms with Crippen molar-refractivity contribution in [1.82, 2.24) is 0 Å². The zero-order valence-corrected chi connectivity index (χ0v) is 18.7. The minimum absolute atomic E-state index is 0.0447. The second-order valence-corrected chi connectivity index (χ2v) is 9.02. The highest BCUT2D eigenvalue weighted by atomic mass is 32.2. The van der Waals surface area contributed by atoms with Crippen LogP contribution in [0.15, 0.2) is 77.3 Å². The molecule has 3 aromatic rings. The maximum Gasteiger partial charge on any atom is 0.310 e. The number of rotatable bonds is 9. The van der Waals surface area contributed by atoms with Gasteiger partial charge in [-0.2, -0.15) is 4.57 Å². The van der Waals surface area contributed by atoms with Crippen molar-refractivity contribution in [2.75, 3.05) is 12.4 Å². The first-order valence-electron chi connectivity index (χ1n) is 9.66. The van der Waals surface area contributed by atoms with Gasteiger partial charge in [0, 0.05) is 23.4 Å². The molecule has 0 atom stereocenters. The van der Waals surface area contributed by atoms with E-state index in [1.807, 2.05) is 60.3 Å². The Balaban J connectivity index is 2.17. The molecule has 0 spiro atoms. The minimum atomic E-state index is -0.341. The van der Waals surface area contributed by atoms with Crippen molar-refractivity contribution < 1.29 is 18.9 Å². The van der Waals surface area contributed by atoms with Crippen molar-refractivity contribution in [3.8, 4) is 5.69 Å². The Morgan fingerprint density at radius 2 is 1.77 bits per heavy atom. The van der Waals surface area contributed by atoms with Crippen molar-refractivity contribution in [2.24, 2.45) is 0 Å². The predicted molar refractivity (Wildman–Crippen MR) is 122 cm³/mol. The zero-order chi connectivity index (χ0) is 21.5. The van der Waals surface area contributed by atoms with E-state index in [2.05, 4.69) is 6.58 Å². The molecule has 2 aromatic heterocycles. The van der Waals surface area contributed by atoms with Crippen LogP contribution in [0.25, 0.3) is 5.69 Å². The first kappa shape index (κ1) is 22.0. The lowest BCUT2D eigenvalue weighted by Crippen LogP contribution is -2.31. The highest BCUT2D eigenvalue weighted by Crippen LogP contribution is 2.39. The number of nitrogens with zero attached hydrogens (tertiary/aromatic N) is 1. The van der Waals surface area contributed by atoms with Crippen LogP contribution in [-0.4, -0.2) is 24.1 Å². The van der Waals surface area contributed by atoms with E-state index in [1.54, 1.807) is 30.8 Å². The highest BCUT2D eigenvalue weighted by molar-refractivity contribution is 8.01. The van der Waals surface area contributed by atoms with Gasteiger partial charge in [0.1, 0.15) is 4.21 Å². The van der Waals surface area contributed by atoms with Gasteiger partial charge in [0.05, 0.1) is 23.5 Å². The normalized spacial score (nSPS) is 10.6. The molecule has 0 bridgehead atoms. The number of aromatic nitrogens is 1. The van der Waals surface area contributed by atoms with Crippen molar-refractivity contribution in [2.45, 2.75) is 24.5 Å². The van der Waals surface area contributed by atoms with E-state index >= 15 is 0 Å². The van der Waals surface area contributed by atoms with Crippen molar-refractivity contribution >= 4 is 34.9 Å². The number of hydrogen-bond acceptors (Lipinski definition) is 5. The van der Waals surface area contributed by atoms with E-state index in [-0.39, 0.29) is 18.2 Å². The maximum atomic E-state index is 13.4. The molecule has 0 unspecified atom stereocenters. The van der Waals surface area contributed by atoms with Crippen LogP contribution in [-0.2, 0) is 16.0 Å². The van der Waals surface area contributed by atoms with Gasteiger partial charge in [-0.3, -0.25) is 9.59 Å². The van der Waals surface area contributed by atoms with Gasteiger partial charge in [0.25, 0.3) is 0 Å². The summed E-state index contributed by atoms with van der Waals surface area (Å²) in [5.41, 5.74) is 3.21. The molecule has 30 heavy (non-hydrogen) atoms. The summed E-state index contributed by atoms with van der Waals surface area (Å²) in [4.78, 5) is 26.4. The van der Waals surface area contributed by atoms with Crippen molar-refractivity contribution in [1.29, 1.82) is 0 Å². The molecule has 4 nitrogen and oxygen atoms in total. The number of esters is 1. The smallest absolute Gasteiger partial charge is 0.310 e. The van der Waals surface area contributed by atoms with Gasteiger partial charge in [-0.25, -0.2) is 0 Å². The molecule has 154 valence electrons. The van der Waals surface area contributed by atoms with Gasteiger partial charge in [0.15, 0.2) is 12.4 Å². The van der Waals surface area contributed by atoms with Crippen LogP contribution in [0.5, 0.6) is 0 Å². The molecule has 1 aromatic carbocycles. The molecule has 2 heterocycles. The van der Waals surface area contributed by atoms with E-state index < -0.39 is 0 Å². The Kier molecular flexibility index (Phi) is 7.60. The summed E-state index contributed by atoms with van der Waals surface area (Å²) >= 11 is 3.06.